The Morgan fingerprint density at radius 2 is 1.67 bits per heavy atom. The lowest BCUT2D eigenvalue weighted by Crippen LogP contribution is -2.53. The Bertz CT molecular complexity index is 1830. The fraction of sp³-hybridized carbons (Fsp3) is 0.341. The molecule has 2 saturated heterocycles. The van der Waals surface area contributed by atoms with Crippen molar-refractivity contribution in [2.75, 3.05) is 45.9 Å². The average molecular weight is 735 g/mol. The van der Waals surface area contributed by atoms with Crippen molar-refractivity contribution in [1.82, 2.24) is 20.0 Å². The average Bonchev–Trinajstić information content (AvgIpc) is 3.56. The first-order valence-corrected chi connectivity index (χ1v) is 18.8. The second kappa shape index (κ2) is 19.6. The number of phenolic OH excluding ortho intramolecular Hbond substituents is 1. The van der Waals surface area contributed by atoms with Gasteiger partial charge in [-0.3, -0.25) is 24.6 Å². The zero-order valence-corrected chi connectivity index (χ0v) is 31.1. The Morgan fingerprint density at radius 3 is 2.33 bits per heavy atom. The Balaban J connectivity index is 1.02. The fourth-order valence-electron chi connectivity index (χ4n) is 6.92. The predicted octanol–water partition coefficient (Wildman–Crippen LogP) is 7.01. The summed E-state index contributed by atoms with van der Waals surface area (Å²) in [6.07, 6.45) is 16.8. The van der Waals surface area contributed by atoms with Gasteiger partial charge in [0.15, 0.2) is 0 Å². The van der Waals surface area contributed by atoms with Crippen LogP contribution in [0, 0.1) is 0 Å². The van der Waals surface area contributed by atoms with Crippen molar-refractivity contribution in [3.05, 3.63) is 138 Å². The van der Waals surface area contributed by atoms with Crippen molar-refractivity contribution >= 4 is 23.3 Å². The molecule has 54 heavy (non-hydrogen) atoms. The molecule has 3 heterocycles. The van der Waals surface area contributed by atoms with Crippen LogP contribution in [0.25, 0.3) is 5.57 Å². The molecule has 1 unspecified atom stereocenters. The first-order chi connectivity index (χ1) is 26.2. The molecule has 3 aliphatic rings. The smallest absolute Gasteiger partial charge is 0.257 e. The zero-order chi connectivity index (χ0) is 38.5. The van der Waals surface area contributed by atoms with Crippen LogP contribution in [-0.2, 0) is 14.4 Å². The number of unbranched alkanes of at least 4 members (excludes halogenated alkanes) is 2. The van der Waals surface area contributed by atoms with Crippen LogP contribution in [0.1, 0.15) is 56.6 Å². The molecule has 0 spiro atoms. The maximum atomic E-state index is 15.2. The zero-order valence-electron chi connectivity index (χ0n) is 31.1. The standard InChI is InChI=1S/C44H51FN4O5/c1-4-6-7-9-12-33(5-2)42(34-13-17-36(50)18-14-34)35-15-19-37(20-16-35)54-30-11-8-10-24-47-26-28-48(29-27-47)32(3)31-39(45)38-23-25-49(44(38)53)40-21-22-41(51)46-43(40)52/h4,6-7,9,12-20,23,31,40,50H,1,3,5,8,10-11,21-22,24-30H2,2H3,(H,46,51,52)/b7-6-,12-9+,39-31+,42-33-. The minimum absolute atomic E-state index is 0.0697. The predicted molar refractivity (Wildman–Crippen MR) is 211 cm³/mol. The third kappa shape index (κ3) is 10.6. The molecule has 2 aromatic carbocycles. The number of carbonyl (C=O) groups excluding carboxylic acids is 3. The first-order valence-electron chi connectivity index (χ1n) is 18.8. The first kappa shape index (κ1) is 39.7. The van der Waals surface area contributed by atoms with Gasteiger partial charge in [-0.25, -0.2) is 4.39 Å². The number of phenols is 1. The number of imide groups is 1. The number of hydrogen-bond donors (Lipinski definition) is 2. The summed E-state index contributed by atoms with van der Waals surface area (Å²) in [4.78, 5) is 42.3. The van der Waals surface area contributed by atoms with Crippen LogP contribution in [0.4, 0.5) is 4.39 Å². The van der Waals surface area contributed by atoms with Crippen LogP contribution in [0.2, 0.25) is 0 Å². The Kier molecular flexibility index (Phi) is 14.4. The van der Waals surface area contributed by atoms with Crippen LogP contribution in [0.5, 0.6) is 11.5 Å². The molecule has 2 fully saturated rings. The Labute approximate surface area is 318 Å². The minimum atomic E-state index is -0.771. The monoisotopic (exact) mass is 734 g/mol. The molecule has 3 amide bonds. The molecule has 2 aromatic rings. The van der Waals surface area contributed by atoms with Gasteiger partial charge in [0.25, 0.3) is 5.91 Å². The van der Waals surface area contributed by atoms with E-state index in [0.717, 1.165) is 67.8 Å². The lowest BCUT2D eigenvalue weighted by atomic mass is 9.91. The van der Waals surface area contributed by atoms with E-state index in [1.807, 2.05) is 47.4 Å². The van der Waals surface area contributed by atoms with Gasteiger partial charge in [0.2, 0.25) is 11.8 Å². The normalized spacial score (nSPS) is 19.0. The lowest BCUT2D eigenvalue weighted by molar-refractivity contribution is -0.142. The number of piperazine rings is 1. The van der Waals surface area contributed by atoms with Crippen LogP contribution in [0.3, 0.4) is 0 Å². The van der Waals surface area contributed by atoms with Crippen LogP contribution in [0.15, 0.2) is 127 Å². The second-order valence-corrected chi connectivity index (χ2v) is 13.6. The van der Waals surface area contributed by atoms with Gasteiger partial charge in [-0.1, -0.05) is 74.7 Å². The molecule has 3 aliphatic heterocycles. The van der Waals surface area contributed by atoms with Crippen LogP contribution < -0.4 is 10.1 Å². The minimum Gasteiger partial charge on any atom is -0.508 e. The highest BCUT2D eigenvalue weighted by molar-refractivity contribution is 6.05. The Morgan fingerprint density at radius 1 is 0.963 bits per heavy atom. The number of ether oxygens (including phenoxy) is 1. The third-order valence-corrected chi connectivity index (χ3v) is 9.94. The topological polar surface area (TPSA) is 102 Å². The largest absolute Gasteiger partial charge is 0.508 e. The number of halogens is 1. The van der Waals surface area contributed by atoms with E-state index >= 15 is 4.39 Å². The van der Waals surface area contributed by atoms with Crippen molar-refractivity contribution < 1.29 is 28.6 Å². The molecule has 0 aromatic heterocycles. The van der Waals surface area contributed by atoms with E-state index < -0.39 is 23.7 Å². The van der Waals surface area contributed by atoms with E-state index in [9.17, 15) is 19.5 Å². The number of amides is 3. The number of aromatic hydroxyl groups is 1. The number of nitrogens with zero attached hydrogens (tertiary/aromatic N) is 3. The number of carbonyl (C=O) groups is 3. The van der Waals surface area contributed by atoms with Crippen molar-refractivity contribution in [3.8, 4) is 11.5 Å². The van der Waals surface area contributed by atoms with Gasteiger partial charge in [-0.15, -0.1) is 0 Å². The molecule has 10 heteroatoms. The van der Waals surface area contributed by atoms with E-state index in [4.69, 9.17) is 4.74 Å². The van der Waals surface area contributed by atoms with E-state index in [0.29, 0.717) is 25.4 Å². The van der Waals surface area contributed by atoms with E-state index in [1.165, 1.54) is 22.6 Å². The van der Waals surface area contributed by atoms with E-state index in [1.54, 1.807) is 18.2 Å². The molecule has 0 radical (unpaired) electrons. The van der Waals surface area contributed by atoms with Gasteiger partial charge in [0, 0.05) is 44.8 Å². The van der Waals surface area contributed by atoms with Gasteiger partial charge in [-0.05, 0) is 97.3 Å². The third-order valence-electron chi connectivity index (χ3n) is 9.94. The number of allylic oxidation sites excluding steroid dienone is 7. The van der Waals surface area contributed by atoms with Crippen molar-refractivity contribution in [3.63, 3.8) is 0 Å². The van der Waals surface area contributed by atoms with Gasteiger partial charge in [0.05, 0.1) is 12.2 Å². The molecule has 284 valence electrons. The van der Waals surface area contributed by atoms with Crippen LogP contribution in [-0.4, -0.2) is 89.4 Å². The fourth-order valence-corrected chi connectivity index (χ4v) is 6.92. The molecule has 1 atom stereocenters. The maximum absolute atomic E-state index is 15.2. The number of piperidine rings is 1. The van der Waals surface area contributed by atoms with E-state index in [2.05, 4.69) is 48.5 Å². The van der Waals surface area contributed by atoms with Crippen LogP contribution >= 0.6 is 0 Å². The molecule has 0 saturated carbocycles. The summed E-state index contributed by atoms with van der Waals surface area (Å²) in [5.41, 5.74) is 4.84. The molecular weight excluding hydrogens is 684 g/mol. The molecule has 0 aliphatic carbocycles. The number of nitrogens with one attached hydrogen (secondary N) is 1. The van der Waals surface area contributed by atoms with E-state index in [-0.39, 0.29) is 36.6 Å². The number of benzene rings is 2. The summed E-state index contributed by atoms with van der Waals surface area (Å²) >= 11 is 0. The van der Waals surface area contributed by atoms with Crippen molar-refractivity contribution in [2.24, 2.45) is 0 Å². The summed E-state index contributed by atoms with van der Waals surface area (Å²) < 4.78 is 21.3. The van der Waals surface area contributed by atoms with Gasteiger partial charge < -0.3 is 19.6 Å². The summed E-state index contributed by atoms with van der Waals surface area (Å²) in [5, 5.41) is 12.1. The summed E-state index contributed by atoms with van der Waals surface area (Å²) in [7, 11) is 0. The number of hydrogen-bond acceptors (Lipinski definition) is 7. The van der Waals surface area contributed by atoms with Crippen molar-refractivity contribution in [1.29, 1.82) is 0 Å². The Hall–Kier alpha value is -5.48. The molecular formula is C44H51FN4O5. The SMILES string of the molecule is C=C\C=C/C=C/C(CC)=C(/c1ccc(O)cc1)c1ccc(OCCCCCN2CCN(C(=C)/C=C(/F)C3=CCN(C4CCC(=O)NC4=O)C3=O)CC2)cc1. The molecule has 0 bridgehead atoms. The summed E-state index contributed by atoms with van der Waals surface area (Å²) in [5.74, 6) is -1.03. The summed E-state index contributed by atoms with van der Waals surface area (Å²) in [6, 6.07) is 14.7. The molecule has 9 nitrogen and oxygen atoms in total. The highest BCUT2D eigenvalue weighted by Gasteiger charge is 2.38. The maximum Gasteiger partial charge on any atom is 0.257 e. The lowest BCUT2D eigenvalue weighted by Gasteiger charge is -2.36. The number of rotatable bonds is 17. The second-order valence-electron chi connectivity index (χ2n) is 13.6. The molecule has 2 N–H and O–H groups in total. The summed E-state index contributed by atoms with van der Waals surface area (Å²) in [6.45, 7) is 14.7. The highest BCUT2D eigenvalue weighted by Crippen LogP contribution is 2.32. The quantitative estimate of drug-likeness (QED) is 0.102. The van der Waals surface area contributed by atoms with Gasteiger partial charge in [0.1, 0.15) is 23.4 Å². The van der Waals surface area contributed by atoms with Gasteiger partial charge >= 0.3 is 0 Å². The highest BCUT2D eigenvalue weighted by atomic mass is 19.1. The van der Waals surface area contributed by atoms with Gasteiger partial charge in [-0.2, -0.15) is 0 Å². The van der Waals surface area contributed by atoms with Crippen molar-refractivity contribution in [2.45, 2.75) is 51.5 Å². The molecule has 5 rings (SSSR count).